The van der Waals surface area contributed by atoms with Crippen LogP contribution in [0.1, 0.15) is 0 Å². The van der Waals surface area contributed by atoms with E-state index in [2.05, 4.69) is 0 Å². The first kappa shape index (κ1) is 34.0. The van der Waals surface area contributed by atoms with Gasteiger partial charge in [0.25, 0.3) is 0 Å². The van der Waals surface area contributed by atoms with Crippen molar-refractivity contribution in [3.63, 3.8) is 0 Å². The molecule has 2 aliphatic rings. The molecule has 46 heavy (non-hydrogen) atoms. The lowest BCUT2D eigenvalue weighted by atomic mass is 10.2. The Morgan fingerprint density at radius 1 is 0.435 bits per heavy atom. The van der Waals surface area contributed by atoms with E-state index in [1.807, 2.05) is 84.9 Å². The topological polar surface area (TPSA) is 95.1 Å². The molecule has 2 fully saturated rings. The number of hydrogen-bond donors (Lipinski definition) is 6. The van der Waals surface area contributed by atoms with Crippen LogP contribution < -0.4 is 38.5 Å². The molecule has 5 rings (SSSR count). The van der Waals surface area contributed by atoms with Gasteiger partial charge in [-0.25, -0.2) is 0 Å². The number of quaternary nitrogens is 4. The molecule has 250 valence electrons. The lowest BCUT2D eigenvalue weighted by Crippen LogP contribution is -3.28. The monoisotopic (exact) mass is 638 g/mol. The third kappa shape index (κ3) is 12.1. The van der Waals surface area contributed by atoms with Crippen LogP contribution in [-0.2, 0) is 0 Å². The van der Waals surface area contributed by atoms with E-state index in [0.29, 0.717) is 24.6 Å². The second kappa shape index (κ2) is 18.7. The van der Waals surface area contributed by atoms with E-state index in [1.165, 1.54) is 9.80 Å². The second-order valence-electron chi connectivity index (χ2n) is 12.6. The standard InChI is InChI=1S/C36H50N4O6/c41-31(27-39-19-15-37(16-20-39)23-25-43-33-7-3-1-4-8-33)29-45-35-11-13-36(14-12-35)46-30-32(42)28-40-21-17-38(18-22-40)24-26-44-34-9-5-2-6-10-34/h1-14,31-32,41-42H,15-30H2/p+4. The summed E-state index contributed by atoms with van der Waals surface area (Å²) in [6.45, 7) is 13.9. The number of para-hydroxylation sites is 2. The Labute approximate surface area is 273 Å². The first-order valence-corrected chi connectivity index (χ1v) is 17.0. The maximum absolute atomic E-state index is 10.6. The van der Waals surface area contributed by atoms with Gasteiger partial charge in [0.15, 0.2) is 0 Å². The number of benzene rings is 3. The van der Waals surface area contributed by atoms with Crippen molar-refractivity contribution in [2.75, 3.05) is 105 Å². The number of piperazine rings is 2. The molecule has 3 aromatic rings. The number of rotatable bonds is 18. The highest BCUT2D eigenvalue weighted by Crippen LogP contribution is 2.18. The van der Waals surface area contributed by atoms with Crippen LogP contribution in [0.5, 0.6) is 23.0 Å². The fourth-order valence-corrected chi connectivity index (χ4v) is 6.28. The van der Waals surface area contributed by atoms with Crippen LogP contribution in [-0.4, -0.2) is 127 Å². The van der Waals surface area contributed by atoms with Gasteiger partial charge in [-0.2, -0.15) is 0 Å². The minimum absolute atomic E-state index is 0.266. The molecule has 2 atom stereocenters. The van der Waals surface area contributed by atoms with Crippen LogP contribution in [0.4, 0.5) is 0 Å². The van der Waals surface area contributed by atoms with Crippen molar-refractivity contribution < 1.29 is 48.8 Å². The van der Waals surface area contributed by atoms with Crippen LogP contribution in [0.15, 0.2) is 84.9 Å². The van der Waals surface area contributed by atoms with E-state index in [-0.39, 0.29) is 13.2 Å². The third-order valence-corrected chi connectivity index (χ3v) is 9.02. The quantitative estimate of drug-likeness (QED) is 0.0885. The van der Waals surface area contributed by atoms with Crippen LogP contribution in [0.2, 0.25) is 0 Å². The van der Waals surface area contributed by atoms with Gasteiger partial charge in [-0.3, -0.25) is 0 Å². The van der Waals surface area contributed by atoms with E-state index in [0.717, 1.165) is 90.2 Å². The van der Waals surface area contributed by atoms with Gasteiger partial charge in [-0.1, -0.05) is 36.4 Å². The van der Waals surface area contributed by atoms with Crippen molar-refractivity contribution in [2.45, 2.75) is 12.2 Å². The molecule has 0 amide bonds. The molecule has 2 unspecified atom stereocenters. The Hall–Kier alpha value is -3.38. The first-order chi connectivity index (χ1) is 22.6. The van der Waals surface area contributed by atoms with Crippen molar-refractivity contribution in [1.82, 2.24) is 0 Å². The zero-order valence-electron chi connectivity index (χ0n) is 27.1. The van der Waals surface area contributed by atoms with Gasteiger partial charge < -0.3 is 48.8 Å². The summed E-state index contributed by atoms with van der Waals surface area (Å²) in [6, 6.07) is 27.4. The Bertz CT molecular complexity index is 1130. The Morgan fingerprint density at radius 2 is 0.761 bits per heavy atom. The van der Waals surface area contributed by atoms with E-state index >= 15 is 0 Å². The summed E-state index contributed by atoms with van der Waals surface area (Å²) < 4.78 is 23.4. The predicted molar refractivity (Wildman–Crippen MR) is 176 cm³/mol. The SMILES string of the molecule is OC(COc1ccc(OCC(O)C[NH+]2CC[NH+](CCOc3ccccc3)CC2)cc1)C[NH+]1CC[NH+](CCOc2ccccc2)CC1. The number of aliphatic hydroxyl groups excluding tert-OH is 2. The van der Waals surface area contributed by atoms with Gasteiger partial charge in [0.1, 0.15) is 140 Å². The number of hydrogen-bond acceptors (Lipinski definition) is 6. The largest absolute Gasteiger partial charge is 0.491 e. The average Bonchev–Trinajstić information content (AvgIpc) is 3.09. The second-order valence-corrected chi connectivity index (χ2v) is 12.6. The van der Waals surface area contributed by atoms with Gasteiger partial charge in [-0.05, 0) is 48.5 Å². The fraction of sp³-hybridized carbons (Fsp3) is 0.500. The fourth-order valence-electron chi connectivity index (χ4n) is 6.28. The van der Waals surface area contributed by atoms with Crippen LogP contribution in [0.3, 0.4) is 0 Å². The first-order valence-electron chi connectivity index (χ1n) is 17.0. The molecule has 0 radical (unpaired) electrons. The van der Waals surface area contributed by atoms with Crippen molar-refractivity contribution in [3.8, 4) is 23.0 Å². The molecule has 10 heteroatoms. The average molecular weight is 639 g/mol. The highest BCUT2D eigenvalue weighted by atomic mass is 16.5. The molecule has 2 aliphatic heterocycles. The summed E-state index contributed by atoms with van der Waals surface area (Å²) in [5.74, 6) is 3.26. The zero-order valence-corrected chi connectivity index (χ0v) is 27.1. The summed E-state index contributed by atoms with van der Waals surface area (Å²) in [4.78, 5) is 5.96. The Morgan fingerprint density at radius 3 is 1.13 bits per heavy atom. The molecule has 2 heterocycles. The van der Waals surface area contributed by atoms with Crippen molar-refractivity contribution in [2.24, 2.45) is 0 Å². The summed E-state index contributed by atoms with van der Waals surface area (Å²) in [5.41, 5.74) is 0. The van der Waals surface area contributed by atoms with E-state index in [9.17, 15) is 10.2 Å². The highest BCUT2D eigenvalue weighted by Gasteiger charge is 2.26. The van der Waals surface area contributed by atoms with E-state index < -0.39 is 12.2 Å². The predicted octanol–water partition coefficient (Wildman–Crippen LogP) is -3.11. The summed E-state index contributed by atoms with van der Waals surface area (Å²) in [7, 11) is 0. The molecule has 0 saturated carbocycles. The van der Waals surface area contributed by atoms with Gasteiger partial charge >= 0.3 is 0 Å². The molecule has 0 aromatic heterocycles. The Kier molecular flexibility index (Phi) is 13.8. The third-order valence-electron chi connectivity index (χ3n) is 9.02. The van der Waals surface area contributed by atoms with Gasteiger partial charge in [-0.15, -0.1) is 0 Å². The van der Waals surface area contributed by atoms with Gasteiger partial charge in [0.2, 0.25) is 0 Å². The van der Waals surface area contributed by atoms with Crippen LogP contribution in [0, 0.1) is 0 Å². The number of nitrogens with one attached hydrogen (secondary N) is 4. The lowest BCUT2D eigenvalue weighted by Gasteiger charge is -2.30. The van der Waals surface area contributed by atoms with Gasteiger partial charge in [0, 0.05) is 0 Å². The van der Waals surface area contributed by atoms with E-state index in [4.69, 9.17) is 18.9 Å². The summed E-state index contributed by atoms with van der Waals surface area (Å²) in [6.07, 6.45) is -1.03. The summed E-state index contributed by atoms with van der Waals surface area (Å²) in [5, 5.41) is 21.2. The lowest BCUT2D eigenvalue weighted by molar-refractivity contribution is -1.01. The van der Waals surface area contributed by atoms with Gasteiger partial charge in [0.05, 0.1) is 0 Å². The smallest absolute Gasteiger partial charge is 0.137 e. The molecule has 2 saturated heterocycles. The normalized spacial score (nSPS) is 22.8. The molecule has 3 aromatic carbocycles. The molecule has 0 spiro atoms. The molecular formula is C36H54N4O6+4. The highest BCUT2D eigenvalue weighted by molar-refractivity contribution is 5.31. The van der Waals surface area contributed by atoms with Crippen molar-refractivity contribution >= 4 is 0 Å². The van der Waals surface area contributed by atoms with Crippen LogP contribution >= 0.6 is 0 Å². The molecule has 0 aliphatic carbocycles. The molecule has 10 nitrogen and oxygen atoms in total. The number of aliphatic hydroxyl groups is 2. The molecule has 6 N–H and O–H groups in total. The summed E-state index contributed by atoms with van der Waals surface area (Å²) >= 11 is 0. The van der Waals surface area contributed by atoms with E-state index in [1.54, 1.807) is 9.80 Å². The maximum atomic E-state index is 10.6. The minimum atomic E-state index is -0.516. The van der Waals surface area contributed by atoms with Crippen molar-refractivity contribution in [3.05, 3.63) is 84.9 Å². The minimum Gasteiger partial charge on any atom is -0.491 e. The zero-order chi connectivity index (χ0) is 31.8. The number of ether oxygens (including phenoxy) is 4. The van der Waals surface area contributed by atoms with Crippen molar-refractivity contribution in [1.29, 1.82) is 0 Å². The molecular weight excluding hydrogens is 584 g/mol. The maximum Gasteiger partial charge on any atom is 0.137 e. The molecule has 0 bridgehead atoms. The Balaban J connectivity index is 0.886. The van der Waals surface area contributed by atoms with Crippen LogP contribution in [0.25, 0.3) is 0 Å².